The summed E-state index contributed by atoms with van der Waals surface area (Å²) < 4.78 is 5.03. The molecule has 24 heavy (non-hydrogen) atoms. The molecule has 0 atom stereocenters. The largest absolute Gasteiger partial charge is 0.463 e. The molecule has 0 bridgehead atoms. The van der Waals surface area contributed by atoms with Gasteiger partial charge in [-0.15, -0.1) is 0 Å². The van der Waals surface area contributed by atoms with Crippen LogP contribution in [-0.4, -0.2) is 31.1 Å². The lowest BCUT2D eigenvalue weighted by Gasteiger charge is -2.29. The molecule has 2 aromatic carbocycles. The van der Waals surface area contributed by atoms with Crippen LogP contribution in [-0.2, 0) is 9.53 Å². The summed E-state index contributed by atoms with van der Waals surface area (Å²) in [7, 11) is 2.14. The average Bonchev–Trinajstić information content (AvgIpc) is 2.63. The Kier molecular flexibility index (Phi) is 7.24. The molecule has 3 heteroatoms. The third kappa shape index (κ3) is 5.36. The Labute approximate surface area is 144 Å². The summed E-state index contributed by atoms with van der Waals surface area (Å²) in [6.07, 6.45) is 3.02. The van der Waals surface area contributed by atoms with E-state index >= 15 is 0 Å². The van der Waals surface area contributed by atoms with E-state index in [0.717, 1.165) is 19.4 Å². The molecular weight excluding hydrogens is 298 g/mol. The van der Waals surface area contributed by atoms with Crippen LogP contribution >= 0.6 is 0 Å². The maximum absolute atomic E-state index is 11.0. The number of nitrogens with zero attached hydrogens (tertiary/aromatic N) is 1. The molecule has 0 aliphatic rings. The first-order chi connectivity index (χ1) is 11.7. The number of hydrogen-bond donors (Lipinski definition) is 0. The fourth-order valence-electron chi connectivity index (χ4n) is 2.80. The Morgan fingerprint density at radius 2 is 1.58 bits per heavy atom. The molecular formula is C21H25NO2. The van der Waals surface area contributed by atoms with Gasteiger partial charge in [0.05, 0.1) is 12.6 Å². The topological polar surface area (TPSA) is 29.5 Å². The maximum Gasteiger partial charge on any atom is 0.330 e. The van der Waals surface area contributed by atoms with Crippen LogP contribution in [0.2, 0.25) is 0 Å². The number of unbranched alkanes of at least 4 members (excludes halogenated alkanes) is 1. The Morgan fingerprint density at radius 3 is 2.08 bits per heavy atom. The third-order valence-electron chi connectivity index (χ3n) is 3.99. The molecule has 2 aromatic rings. The summed E-state index contributed by atoms with van der Waals surface area (Å²) in [6.45, 7) is 4.77. The van der Waals surface area contributed by atoms with E-state index in [4.69, 9.17) is 4.74 Å². The number of carbonyl (C=O) groups is 1. The predicted molar refractivity (Wildman–Crippen MR) is 97.7 cm³/mol. The van der Waals surface area contributed by atoms with E-state index in [1.54, 1.807) is 0 Å². The Hall–Kier alpha value is -2.39. The van der Waals surface area contributed by atoms with E-state index in [9.17, 15) is 4.79 Å². The molecule has 3 nitrogen and oxygen atoms in total. The van der Waals surface area contributed by atoms with Crippen molar-refractivity contribution in [3.8, 4) is 0 Å². The summed E-state index contributed by atoms with van der Waals surface area (Å²) in [6, 6.07) is 21.3. The minimum Gasteiger partial charge on any atom is -0.463 e. The summed E-state index contributed by atoms with van der Waals surface area (Å²) in [5, 5.41) is 0. The lowest BCUT2D eigenvalue weighted by atomic mass is 9.97. The SMILES string of the molecule is C=CC(=O)OCCCCN(C)C(c1ccccc1)c1ccccc1. The van der Waals surface area contributed by atoms with Gasteiger partial charge in [0.1, 0.15) is 0 Å². The van der Waals surface area contributed by atoms with Crippen molar-refractivity contribution in [1.29, 1.82) is 0 Å². The zero-order valence-electron chi connectivity index (χ0n) is 14.2. The highest BCUT2D eigenvalue weighted by Crippen LogP contribution is 2.27. The van der Waals surface area contributed by atoms with E-state index in [0.29, 0.717) is 6.61 Å². The normalized spacial score (nSPS) is 10.8. The van der Waals surface area contributed by atoms with E-state index in [1.807, 2.05) is 12.1 Å². The highest BCUT2D eigenvalue weighted by molar-refractivity contribution is 5.81. The van der Waals surface area contributed by atoms with E-state index in [2.05, 4.69) is 67.1 Å². The lowest BCUT2D eigenvalue weighted by molar-refractivity contribution is -0.137. The fourth-order valence-corrected chi connectivity index (χ4v) is 2.80. The molecule has 0 N–H and O–H groups in total. The monoisotopic (exact) mass is 323 g/mol. The van der Waals surface area contributed by atoms with Gasteiger partial charge in [-0.25, -0.2) is 4.79 Å². The van der Waals surface area contributed by atoms with E-state index in [-0.39, 0.29) is 12.0 Å². The van der Waals surface area contributed by atoms with Crippen molar-refractivity contribution < 1.29 is 9.53 Å². The molecule has 0 amide bonds. The van der Waals surface area contributed by atoms with Gasteiger partial charge in [-0.1, -0.05) is 67.2 Å². The molecule has 126 valence electrons. The van der Waals surface area contributed by atoms with Crippen LogP contribution in [0.1, 0.15) is 30.0 Å². The Morgan fingerprint density at radius 1 is 1.04 bits per heavy atom. The number of rotatable bonds is 9. The molecule has 0 heterocycles. The maximum atomic E-state index is 11.0. The van der Waals surface area contributed by atoms with Crippen molar-refractivity contribution in [2.75, 3.05) is 20.2 Å². The van der Waals surface area contributed by atoms with Gasteiger partial charge in [0, 0.05) is 6.08 Å². The standard InChI is InChI=1S/C21H25NO2/c1-3-20(23)24-17-11-10-16-22(2)21(18-12-6-4-7-13-18)19-14-8-5-9-15-19/h3-9,12-15,21H,1,10-11,16-17H2,2H3. The summed E-state index contributed by atoms with van der Waals surface area (Å²) >= 11 is 0. The minimum absolute atomic E-state index is 0.225. The molecule has 0 saturated heterocycles. The molecule has 2 rings (SSSR count). The average molecular weight is 323 g/mol. The van der Waals surface area contributed by atoms with Crippen LogP contribution in [0, 0.1) is 0 Å². The first-order valence-corrected chi connectivity index (χ1v) is 8.31. The number of benzene rings is 2. The predicted octanol–water partition coefficient (Wildman–Crippen LogP) is 4.22. The van der Waals surface area contributed by atoms with Crippen molar-refractivity contribution in [2.45, 2.75) is 18.9 Å². The van der Waals surface area contributed by atoms with Crippen molar-refractivity contribution >= 4 is 5.97 Å². The second kappa shape index (κ2) is 9.68. The van der Waals surface area contributed by atoms with Crippen LogP contribution in [0.4, 0.5) is 0 Å². The second-order valence-electron chi connectivity index (χ2n) is 5.78. The highest BCUT2D eigenvalue weighted by atomic mass is 16.5. The van der Waals surface area contributed by atoms with Crippen molar-refractivity contribution in [1.82, 2.24) is 4.90 Å². The van der Waals surface area contributed by atoms with Crippen molar-refractivity contribution in [3.63, 3.8) is 0 Å². The van der Waals surface area contributed by atoms with Crippen LogP contribution < -0.4 is 0 Å². The van der Waals surface area contributed by atoms with E-state index < -0.39 is 0 Å². The van der Waals surface area contributed by atoms with Gasteiger partial charge in [0.25, 0.3) is 0 Å². The fraction of sp³-hybridized carbons (Fsp3) is 0.286. The van der Waals surface area contributed by atoms with E-state index in [1.165, 1.54) is 17.2 Å². The molecule has 0 radical (unpaired) electrons. The highest BCUT2D eigenvalue weighted by Gasteiger charge is 2.18. The smallest absolute Gasteiger partial charge is 0.330 e. The third-order valence-corrected chi connectivity index (χ3v) is 3.99. The van der Waals surface area contributed by atoms with Crippen molar-refractivity contribution in [3.05, 3.63) is 84.4 Å². The molecule has 0 fully saturated rings. The zero-order valence-corrected chi connectivity index (χ0v) is 14.2. The second-order valence-corrected chi connectivity index (χ2v) is 5.78. The van der Waals surface area contributed by atoms with Gasteiger partial charge >= 0.3 is 5.97 Å². The van der Waals surface area contributed by atoms with Gasteiger partial charge < -0.3 is 4.74 Å². The molecule has 0 aromatic heterocycles. The van der Waals surface area contributed by atoms with Gasteiger partial charge in [0.2, 0.25) is 0 Å². The molecule has 0 aliphatic carbocycles. The Bertz CT molecular complexity index is 585. The number of carbonyl (C=O) groups excluding carboxylic acids is 1. The van der Waals surface area contributed by atoms with Gasteiger partial charge in [-0.05, 0) is 37.6 Å². The minimum atomic E-state index is -0.352. The number of esters is 1. The van der Waals surface area contributed by atoms with Crippen molar-refractivity contribution in [2.24, 2.45) is 0 Å². The van der Waals surface area contributed by atoms with Gasteiger partial charge in [-0.2, -0.15) is 0 Å². The molecule has 0 spiro atoms. The van der Waals surface area contributed by atoms with Crippen LogP contribution in [0.15, 0.2) is 73.3 Å². The van der Waals surface area contributed by atoms with Crippen LogP contribution in [0.3, 0.4) is 0 Å². The Balaban J connectivity index is 1.97. The molecule has 0 unspecified atom stereocenters. The molecule has 0 saturated carbocycles. The lowest BCUT2D eigenvalue weighted by Crippen LogP contribution is -2.27. The molecule has 0 aliphatic heterocycles. The van der Waals surface area contributed by atoms with Gasteiger partial charge in [0.15, 0.2) is 0 Å². The number of ether oxygens (including phenoxy) is 1. The first-order valence-electron chi connectivity index (χ1n) is 8.31. The zero-order chi connectivity index (χ0) is 17.2. The summed E-state index contributed by atoms with van der Waals surface area (Å²) in [4.78, 5) is 13.4. The number of hydrogen-bond acceptors (Lipinski definition) is 3. The van der Waals surface area contributed by atoms with Crippen LogP contribution in [0.5, 0.6) is 0 Å². The quantitative estimate of drug-likeness (QED) is 0.393. The van der Waals surface area contributed by atoms with Crippen LogP contribution in [0.25, 0.3) is 0 Å². The summed E-state index contributed by atoms with van der Waals surface area (Å²) in [5.74, 6) is -0.352. The van der Waals surface area contributed by atoms with Gasteiger partial charge in [-0.3, -0.25) is 4.90 Å². The summed E-state index contributed by atoms with van der Waals surface area (Å²) in [5.41, 5.74) is 2.56. The first kappa shape index (κ1) is 18.0.